The minimum atomic E-state index is -0.598. The fourth-order valence-electron chi connectivity index (χ4n) is 2.58. The molecule has 6 nitrogen and oxygen atoms in total. The molecule has 0 amide bonds. The highest BCUT2D eigenvalue weighted by molar-refractivity contribution is 6.43. The van der Waals surface area contributed by atoms with E-state index in [1.54, 1.807) is 6.07 Å². The maximum Gasteiger partial charge on any atom is 0.360 e. The van der Waals surface area contributed by atoms with Gasteiger partial charge in [-0.2, -0.15) is 0 Å². The van der Waals surface area contributed by atoms with Gasteiger partial charge >= 0.3 is 5.97 Å². The van der Waals surface area contributed by atoms with Crippen molar-refractivity contribution in [3.05, 3.63) is 70.3 Å². The van der Waals surface area contributed by atoms with Gasteiger partial charge in [0, 0.05) is 22.3 Å². The molecule has 0 spiro atoms. The summed E-state index contributed by atoms with van der Waals surface area (Å²) in [5, 5.41) is 7.99. The second-order valence-corrected chi connectivity index (χ2v) is 5.89. The Hall–Kier alpha value is -3.59. The van der Waals surface area contributed by atoms with E-state index in [0.29, 0.717) is 11.3 Å². The predicted molar refractivity (Wildman–Crippen MR) is 108 cm³/mol. The first kappa shape index (κ1) is 20.7. The first-order valence-electron chi connectivity index (χ1n) is 8.53. The number of terminal acetylenes is 1. The number of carbonyl (C=O) groups is 1. The summed E-state index contributed by atoms with van der Waals surface area (Å²) in [4.78, 5) is 22.4. The Labute approximate surface area is 164 Å². The van der Waals surface area contributed by atoms with Crippen LogP contribution >= 0.6 is 0 Å². The first-order valence-corrected chi connectivity index (χ1v) is 8.53. The Morgan fingerprint density at radius 1 is 1.14 bits per heavy atom. The number of nitrogens with zero attached hydrogens (tertiary/aromatic N) is 2. The van der Waals surface area contributed by atoms with Gasteiger partial charge in [0.2, 0.25) is 0 Å². The van der Waals surface area contributed by atoms with Gasteiger partial charge in [-0.05, 0) is 31.5 Å². The highest BCUT2D eigenvalue weighted by Crippen LogP contribution is 2.18. The van der Waals surface area contributed by atoms with Crippen LogP contribution < -0.4 is 0 Å². The molecule has 0 fully saturated rings. The first-order chi connectivity index (χ1) is 13.5. The molecule has 0 radical (unpaired) electrons. The average Bonchev–Trinajstić information content (AvgIpc) is 2.72. The van der Waals surface area contributed by atoms with Crippen molar-refractivity contribution in [1.82, 2.24) is 0 Å². The fraction of sp³-hybridized carbons (Fsp3) is 0.227. The zero-order valence-corrected chi connectivity index (χ0v) is 16.4. The van der Waals surface area contributed by atoms with E-state index in [0.717, 1.165) is 22.3 Å². The molecule has 0 saturated carbocycles. The lowest BCUT2D eigenvalue weighted by atomic mass is 9.99. The Morgan fingerprint density at radius 3 is 2.57 bits per heavy atom. The average molecular weight is 378 g/mol. The number of benzene rings is 2. The molecule has 0 heterocycles. The van der Waals surface area contributed by atoms with E-state index in [-0.39, 0.29) is 12.3 Å². The predicted octanol–water partition coefficient (Wildman–Crippen LogP) is 3.44. The van der Waals surface area contributed by atoms with Crippen molar-refractivity contribution in [2.75, 3.05) is 14.2 Å². The van der Waals surface area contributed by atoms with E-state index in [2.05, 4.69) is 16.2 Å². The Morgan fingerprint density at radius 2 is 1.89 bits per heavy atom. The molecule has 0 aliphatic heterocycles. The third kappa shape index (κ3) is 4.98. The van der Waals surface area contributed by atoms with Crippen LogP contribution in [-0.2, 0) is 25.8 Å². The van der Waals surface area contributed by atoms with Crippen LogP contribution in [-0.4, -0.2) is 31.6 Å². The van der Waals surface area contributed by atoms with Gasteiger partial charge in [-0.1, -0.05) is 46.6 Å². The number of methoxy groups -OCH3 is 1. The van der Waals surface area contributed by atoms with Gasteiger partial charge in [0.25, 0.3) is 0 Å². The third-order valence-electron chi connectivity index (χ3n) is 4.08. The molecule has 0 unspecified atom stereocenters. The summed E-state index contributed by atoms with van der Waals surface area (Å²) in [5.74, 6) is 2.00. The highest BCUT2D eigenvalue weighted by Gasteiger charge is 2.20. The molecular weight excluding hydrogens is 356 g/mol. The van der Waals surface area contributed by atoms with Gasteiger partial charge in [-0.25, -0.2) is 4.79 Å². The molecule has 0 saturated heterocycles. The van der Waals surface area contributed by atoms with Gasteiger partial charge in [0.15, 0.2) is 5.71 Å². The number of esters is 1. The largest absolute Gasteiger partial charge is 0.464 e. The van der Waals surface area contributed by atoms with Crippen molar-refractivity contribution in [2.24, 2.45) is 10.3 Å². The molecule has 0 atom stereocenters. The van der Waals surface area contributed by atoms with Gasteiger partial charge in [0.1, 0.15) is 13.7 Å². The molecule has 0 aliphatic rings. The van der Waals surface area contributed by atoms with E-state index >= 15 is 0 Å². The lowest BCUT2D eigenvalue weighted by Gasteiger charge is -2.12. The highest BCUT2D eigenvalue weighted by atomic mass is 16.6. The zero-order chi connectivity index (χ0) is 20.5. The number of carbonyl (C=O) groups excluding carboxylic acids is 1. The SMILES string of the molecule is C#Cc1cccc(/C(C)=N/OCc2c(C)cccc2/C(=N\OC)C(=O)OC)c1. The topological polar surface area (TPSA) is 69.5 Å². The number of oxime groups is 2. The van der Waals surface area contributed by atoms with Crippen LogP contribution in [0.15, 0.2) is 52.8 Å². The third-order valence-corrected chi connectivity index (χ3v) is 4.08. The van der Waals surface area contributed by atoms with Crippen molar-refractivity contribution < 1.29 is 19.2 Å². The zero-order valence-electron chi connectivity index (χ0n) is 16.4. The standard InChI is InChI=1S/C22H22N2O4/c1-6-17-10-8-11-18(13-17)16(3)23-28-14-20-15(2)9-7-12-19(20)21(24-27-5)22(25)26-4/h1,7-13H,14H2,2-5H3/b23-16+,24-21+. The number of ether oxygens (including phenoxy) is 1. The summed E-state index contributed by atoms with van der Waals surface area (Å²) in [6, 6.07) is 13.0. The molecular formula is C22H22N2O4. The minimum absolute atomic E-state index is 0.0646. The molecule has 2 aromatic rings. The molecule has 0 aliphatic carbocycles. The molecule has 2 rings (SSSR count). The molecule has 0 N–H and O–H groups in total. The van der Waals surface area contributed by atoms with Crippen LogP contribution in [0.5, 0.6) is 0 Å². The molecule has 144 valence electrons. The molecule has 28 heavy (non-hydrogen) atoms. The Bertz CT molecular complexity index is 955. The van der Waals surface area contributed by atoms with Gasteiger partial charge in [-0.3, -0.25) is 0 Å². The summed E-state index contributed by atoms with van der Waals surface area (Å²) < 4.78 is 4.80. The minimum Gasteiger partial charge on any atom is -0.464 e. The van der Waals surface area contributed by atoms with E-state index in [1.165, 1.54) is 14.2 Å². The summed E-state index contributed by atoms with van der Waals surface area (Å²) in [5.41, 5.74) is 4.64. The van der Waals surface area contributed by atoms with E-state index in [1.807, 2.05) is 50.2 Å². The summed E-state index contributed by atoms with van der Waals surface area (Å²) in [6.07, 6.45) is 5.44. The van der Waals surface area contributed by atoms with Crippen LogP contribution in [0.25, 0.3) is 0 Å². The Balaban J connectivity index is 2.28. The number of rotatable bonds is 7. The maximum atomic E-state index is 12.1. The van der Waals surface area contributed by atoms with Crippen molar-refractivity contribution in [3.63, 3.8) is 0 Å². The van der Waals surface area contributed by atoms with Crippen molar-refractivity contribution in [3.8, 4) is 12.3 Å². The fourth-order valence-corrected chi connectivity index (χ4v) is 2.58. The lowest BCUT2D eigenvalue weighted by Crippen LogP contribution is -2.20. The number of aryl methyl sites for hydroxylation is 1. The van der Waals surface area contributed by atoms with Crippen LogP contribution in [0.2, 0.25) is 0 Å². The molecule has 0 bridgehead atoms. The molecule has 6 heteroatoms. The second kappa shape index (κ2) is 9.93. The van der Waals surface area contributed by atoms with Crippen LogP contribution in [0.3, 0.4) is 0 Å². The second-order valence-electron chi connectivity index (χ2n) is 5.89. The van der Waals surface area contributed by atoms with Gasteiger partial charge < -0.3 is 14.4 Å². The van der Waals surface area contributed by atoms with Gasteiger partial charge in [-0.15, -0.1) is 6.42 Å². The lowest BCUT2D eigenvalue weighted by molar-refractivity contribution is -0.132. The van der Waals surface area contributed by atoms with Crippen molar-refractivity contribution in [2.45, 2.75) is 20.5 Å². The number of hydrogen-bond acceptors (Lipinski definition) is 6. The normalized spacial score (nSPS) is 11.5. The Kier molecular flexibility index (Phi) is 7.35. The van der Waals surface area contributed by atoms with Crippen LogP contribution in [0.4, 0.5) is 0 Å². The van der Waals surface area contributed by atoms with E-state index in [9.17, 15) is 4.79 Å². The smallest absolute Gasteiger partial charge is 0.360 e. The van der Waals surface area contributed by atoms with Gasteiger partial charge in [0.05, 0.1) is 12.8 Å². The summed E-state index contributed by atoms with van der Waals surface area (Å²) >= 11 is 0. The maximum absolute atomic E-state index is 12.1. The quantitative estimate of drug-likeness (QED) is 0.320. The van der Waals surface area contributed by atoms with Crippen LogP contribution in [0, 0.1) is 19.3 Å². The van der Waals surface area contributed by atoms with E-state index in [4.69, 9.17) is 20.8 Å². The van der Waals surface area contributed by atoms with Crippen LogP contribution in [0.1, 0.15) is 34.7 Å². The summed E-state index contributed by atoms with van der Waals surface area (Å²) in [7, 11) is 2.66. The monoisotopic (exact) mass is 378 g/mol. The van der Waals surface area contributed by atoms with E-state index < -0.39 is 5.97 Å². The summed E-state index contributed by atoms with van der Waals surface area (Å²) in [6.45, 7) is 3.89. The number of hydrogen-bond donors (Lipinski definition) is 0. The molecule has 2 aromatic carbocycles. The van der Waals surface area contributed by atoms with Crippen molar-refractivity contribution in [1.29, 1.82) is 0 Å². The van der Waals surface area contributed by atoms with Crippen molar-refractivity contribution >= 4 is 17.4 Å². The molecule has 0 aromatic heterocycles.